The van der Waals surface area contributed by atoms with Gasteiger partial charge in [-0.1, -0.05) is 173 Å². The molecule has 10 rings (SSSR count). The largest absolute Gasteiger partial charge is 0.122 e. The van der Waals surface area contributed by atoms with Crippen LogP contribution in [-0.2, 0) is 6.42 Å². The molecule has 1 heteroatoms. The SMILES string of the molecule is CC1=Cc2cccc([Si]c3cccc4c3C(c3cccc5ccc6ccccc6c35)=C(C)C4)c2C1c1cccc2ccc3ccccc3c12. The molecule has 1 atom stereocenters. The molecule has 49 heavy (non-hydrogen) atoms. The second-order valence-corrected chi connectivity index (χ2v) is 15.2. The summed E-state index contributed by atoms with van der Waals surface area (Å²) in [4.78, 5) is 0. The van der Waals surface area contributed by atoms with Gasteiger partial charge in [0.1, 0.15) is 9.52 Å². The quantitative estimate of drug-likeness (QED) is 0.133. The predicted molar refractivity (Wildman–Crippen MR) is 212 cm³/mol. The molecule has 0 aliphatic heterocycles. The van der Waals surface area contributed by atoms with Gasteiger partial charge in [-0.3, -0.25) is 0 Å². The summed E-state index contributed by atoms with van der Waals surface area (Å²) < 4.78 is 0. The van der Waals surface area contributed by atoms with E-state index in [1.54, 1.807) is 0 Å². The van der Waals surface area contributed by atoms with E-state index in [2.05, 4.69) is 166 Å². The van der Waals surface area contributed by atoms with Crippen LogP contribution in [0.25, 0.3) is 54.7 Å². The Labute approximate surface area is 289 Å². The van der Waals surface area contributed by atoms with Crippen LogP contribution in [0.15, 0.2) is 157 Å². The minimum Gasteiger partial charge on any atom is -0.0628 e. The Morgan fingerprint density at radius 1 is 0.531 bits per heavy atom. The highest BCUT2D eigenvalue weighted by Crippen LogP contribution is 2.45. The van der Waals surface area contributed by atoms with Gasteiger partial charge in [-0.2, -0.15) is 0 Å². The number of hydrogen-bond donors (Lipinski definition) is 0. The van der Waals surface area contributed by atoms with Gasteiger partial charge < -0.3 is 0 Å². The number of rotatable bonds is 4. The van der Waals surface area contributed by atoms with Crippen LogP contribution in [0.4, 0.5) is 0 Å². The first-order valence-electron chi connectivity index (χ1n) is 17.4. The zero-order valence-corrected chi connectivity index (χ0v) is 28.7. The lowest BCUT2D eigenvalue weighted by atomic mass is 9.84. The highest BCUT2D eigenvalue weighted by molar-refractivity contribution is 6.69. The average Bonchev–Trinajstić information content (AvgIpc) is 3.67. The maximum atomic E-state index is 2.43. The summed E-state index contributed by atoms with van der Waals surface area (Å²) in [6.07, 6.45) is 3.44. The van der Waals surface area contributed by atoms with Crippen LogP contribution < -0.4 is 10.4 Å². The number of hydrogen-bond acceptors (Lipinski definition) is 0. The van der Waals surface area contributed by atoms with Crippen LogP contribution in [0.2, 0.25) is 0 Å². The fourth-order valence-electron chi connectivity index (χ4n) is 8.94. The minimum absolute atomic E-state index is 0.228. The smallest absolute Gasteiger partial charge is 0.0628 e. The molecule has 230 valence electrons. The first-order chi connectivity index (χ1) is 24.1. The Bertz CT molecular complexity index is 2740. The molecule has 0 aromatic heterocycles. The Hall–Kier alpha value is -5.50. The molecule has 8 aromatic carbocycles. The Balaban J connectivity index is 1.14. The van der Waals surface area contributed by atoms with Gasteiger partial charge in [0.2, 0.25) is 0 Å². The molecule has 2 radical (unpaired) electrons. The first-order valence-corrected chi connectivity index (χ1v) is 18.4. The normalized spacial score (nSPS) is 15.4. The lowest BCUT2D eigenvalue weighted by molar-refractivity contribution is 0.997. The van der Waals surface area contributed by atoms with Crippen LogP contribution >= 0.6 is 0 Å². The van der Waals surface area contributed by atoms with Crippen molar-refractivity contribution >= 4 is 74.6 Å². The molecule has 0 N–H and O–H groups in total. The van der Waals surface area contributed by atoms with Gasteiger partial charge in [0.25, 0.3) is 0 Å². The molecule has 8 aromatic rings. The third-order valence-electron chi connectivity index (χ3n) is 11.0. The zero-order chi connectivity index (χ0) is 32.6. The maximum absolute atomic E-state index is 2.43. The van der Waals surface area contributed by atoms with E-state index in [9.17, 15) is 0 Å². The molecule has 2 aliphatic rings. The van der Waals surface area contributed by atoms with Crippen molar-refractivity contribution in [2.24, 2.45) is 0 Å². The van der Waals surface area contributed by atoms with Crippen molar-refractivity contribution in [3.8, 4) is 0 Å². The summed E-state index contributed by atoms with van der Waals surface area (Å²) in [5.74, 6) is 0.228. The van der Waals surface area contributed by atoms with E-state index < -0.39 is 0 Å². The molecule has 0 fully saturated rings. The monoisotopic (exact) mass is 638 g/mol. The van der Waals surface area contributed by atoms with Gasteiger partial charge in [-0.05, 0) is 102 Å². The third kappa shape index (κ3) is 4.36. The average molecular weight is 639 g/mol. The van der Waals surface area contributed by atoms with Crippen molar-refractivity contribution in [3.05, 3.63) is 190 Å². The minimum atomic E-state index is 0.228. The summed E-state index contributed by atoms with van der Waals surface area (Å²) in [5.41, 5.74) is 12.8. The maximum Gasteiger partial charge on any atom is 0.122 e. The van der Waals surface area contributed by atoms with Crippen LogP contribution in [0.3, 0.4) is 0 Å². The van der Waals surface area contributed by atoms with Crippen LogP contribution in [0, 0.1) is 0 Å². The van der Waals surface area contributed by atoms with E-state index in [1.807, 2.05) is 0 Å². The van der Waals surface area contributed by atoms with E-state index >= 15 is 0 Å². The Morgan fingerprint density at radius 2 is 1.14 bits per heavy atom. The van der Waals surface area contributed by atoms with Crippen LogP contribution in [0.5, 0.6) is 0 Å². The number of allylic oxidation sites excluding steroid dienone is 2. The summed E-state index contributed by atoms with van der Waals surface area (Å²) in [5, 5.41) is 13.5. The topological polar surface area (TPSA) is 0 Å². The van der Waals surface area contributed by atoms with Crippen LogP contribution in [0.1, 0.15) is 53.1 Å². The van der Waals surface area contributed by atoms with Crippen molar-refractivity contribution in [1.29, 1.82) is 0 Å². The van der Waals surface area contributed by atoms with Gasteiger partial charge in [0, 0.05) is 5.92 Å². The van der Waals surface area contributed by atoms with E-state index in [0.29, 0.717) is 9.52 Å². The highest BCUT2D eigenvalue weighted by atomic mass is 28.2. The van der Waals surface area contributed by atoms with E-state index in [1.165, 1.54) is 104 Å². The van der Waals surface area contributed by atoms with Crippen molar-refractivity contribution in [1.82, 2.24) is 0 Å². The highest BCUT2D eigenvalue weighted by Gasteiger charge is 2.30. The molecular weight excluding hydrogens is 605 g/mol. The second-order valence-electron chi connectivity index (χ2n) is 13.8. The molecule has 0 heterocycles. The molecular formula is C48H34Si. The lowest BCUT2D eigenvalue weighted by Crippen LogP contribution is -2.33. The van der Waals surface area contributed by atoms with Gasteiger partial charge in [-0.15, -0.1) is 0 Å². The Kier molecular flexibility index (Phi) is 6.41. The fraction of sp³-hybridized carbons (Fsp3) is 0.0833. The molecule has 0 saturated carbocycles. The molecule has 1 unspecified atom stereocenters. The van der Waals surface area contributed by atoms with Gasteiger partial charge in [0.15, 0.2) is 0 Å². The van der Waals surface area contributed by atoms with Crippen molar-refractivity contribution < 1.29 is 0 Å². The van der Waals surface area contributed by atoms with Crippen molar-refractivity contribution in [2.75, 3.05) is 0 Å². The molecule has 0 bridgehead atoms. The fourth-order valence-corrected chi connectivity index (χ4v) is 10.4. The summed E-state index contributed by atoms with van der Waals surface area (Å²) in [7, 11) is 0.551. The first kappa shape index (κ1) is 28.5. The van der Waals surface area contributed by atoms with E-state index in [0.717, 1.165) is 6.42 Å². The summed E-state index contributed by atoms with van der Waals surface area (Å²) >= 11 is 0. The summed E-state index contributed by atoms with van der Waals surface area (Å²) in [6.45, 7) is 4.68. The van der Waals surface area contributed by atoms with Crippen LogP contribution in [-0.4, -0.2) is 9.52 Å². The standard InChI is InChI=1S/C48H34Si/c1-29-27-35-15-9-21-41(47(35)43(29)39-19-7-13-33-25-23-31-11-3-5-17-37(31)45(33)39)49-42-22-10-16-36-28-30(2)44(48(36)42)40-20-8-14-34-26-24-32-12-4-6-18-38(32)46(34)40/h3-27,43H,28H2,1-2H3. The summed E-state index contributed by atoms with van der Waals surface area (Å²) in [6, 6.07) is 54.6. The molecule has 0 saturated heterocycles. The molecule has 0 spiro atoms. The number of benzene rings is 8. The van der Waals surface area contributed by atoms with E-state index in [4.69, 9.17) is 0 Å². The number of fused-ring (bicyclic) bond motifs is 8. The third-order valence-corrected chi connectivity index (χ3v) is 12.4. The van der Waals surface area contributed by atoms with Crippen molar-refractivity contribution in [2.45, 2.75) is 26.2 Å². The van der Waals surface area contributed by atoms with Gasteiger partial charge >= 0.3 is 0 Å². The molecule has 0 nitrogen and oxygen atoms in total. The van der Waals surface area contributed by atoms with Gasteiger partial charge in [-0.25, -0.2) is 0 Å². The second kappa shape index (κ2) is 11.0. The van der Waals surface area contributed by atoms with Crippen molar-refractivity contribution in [3.63, 3.8) is 0 Å². The molecule has 0 amide bonds. The lowest BCUT2D eigenvalue weighted by Gasteiger charge is -2.22. The Morgan fingerprint density at radius 3 is 1.94 bits per heavy atom. The zero-order valence-electron chi connectivity index (χ0n) is 27.7. The molecule has 2 aliphatic carbocycles. The van der Waals surface area contributed by atoms with Gasteiger partial charge in [0.05, 0.1) is 0 Å². The predicted octanol–water partition coefficient (Wildman–Crippen LogP) is 10.9. The van der Waals surface area contributed by atoms with E-state index in [-0.39, 0.29) is 5.92 Å².